The van der Waals surface area contributed by atoms with Gasteiger partial charge >= 0.3 is 6.03 Å². The molecule has 2 rings (SSSR count). The number of rotatable bonds is 7. The quantitative estimate of drug-likeness (QED) is 0.301. The number of benzene rings is 2. The Kier molecular flexibility index (Phi) is 11.1. The van der Waals surface area contributed by atoms with E-state index in [9.17, 15) is 4.79 Å². The predicted octanol–water partition coefficient (Wildman–Crippen LogP) is 7.43. The molecular formula is C23H30BrClN4O2. The van der Waals surface area contributed by atoms with E-state index in [1.165, 1.54) is 0 Å². The van der Waals surface area contributed by atoms with E-state index in [-0.39, 0.29) is 12.1 Å². The maximum atomic E-state index is 12.4. The van der Waals surface area contributed by atoms with E-state index >= 15 is 0 Å². The van der Waals surface area contributed by atoms with Crippen LogP contribution in [0, 0.1) is 0 Å². The van der Waals surface area contributed by atoms with Crippen molar-refractivity contribution in [1.82, 2.24) is 5.01 Å². The number of nitrogens with one attached hydrogen (secondary N) is 2. The van der Waals surface area contributed by atoms with Crippen LogP contribution in [0.3, 0.4) is 0 Å². The highest BCUT2D eigenvalue weighted by Gasteiger charge is 2.20. The lowest BCUT2D eigenvalue weighted by molar-refractivity contribution is 0.262. The smallest absolute Gasteiger partial charge is 0.323 e. The lowest BCUT2D eigenvalue weighted by Gasteiger charge is -2.28. The number of halogens is 2. The number of carbonyl (C=O) groups is 1. The van der Waals surface area contributed by atoms with Crippen molar-refractivity contribution in [3.8, 4) is 5.75 Å². The molecule has 0 aliphatic rings. The molecule has 0 aliphatic heterocycles. The van der Waals surface area contributed by atoms with Crippen LogP contribution in [-0.4, -0.2) is 30.9 Å². The number of allylic oxidation sites excluding steroid dienone is 1. The number of carbonyl (C=O) groups excluding carboxylic acids is 1. The molecule has 2 aromatic carbocycles. The summed E-state index contributed by atoms with van der Waals surface area (Å²) in [7, 11) is 1.60. The summed E-state index contributed by atoms with van der Waals surface area (Å²) in [6, 6.07) is 12.0. The zero-order valence-corrected chi connectivity index (χ0v) is 21.1. The summed E-state index contributed by atoms with van der Waals surface area (Å²) in [5.41, 5.74) is 2.81. The second-order valence-corrected chi connectivity index (χ2v) is 8.09. The van der Waals surface area contributed by atoms with Gasteiger partial charge in [0.05, 0.1) is 12.8 Å². The first-order valence-electron chi connectivity index (χ1n) is 9.91. The summed E-state index contributed by atoms with van der Waals surface area (Å²) in [6.07, 6.45) is 0. The molecule has 2 aromatic rings. The van der Waals surface area contributed by atoms with Gasteiger partial charge in [0.25, 0.3) is 0 Å². The Balaban J connectivity index is 0.00000233. The van der Waals surface area contributed by atoms with Crippen molar-refractivity contribution >= 4 is 57.4 Å². The van der Waals surface area contributed by atoms with Crippen molar-refractivity contribution in [3.05, 3.63) is 57.5 Å². The van der Waals surface area contributed by atoms with Gasteiger partial charge in [-0.2, -0.15) is 5.10 Å². The molecule has 0 radical (unpaired) electrons. The fourth-order valence-corrected chi connectivity index (χ4v) is 3.28. The fraction of sp³-hybridized carbons (Fsp3) is 0.304. The Morgan fingerprint density at radius 3 is 2.16 bits per heavy atom. The van der Waals surface area contributed by atoms with E-state index in [0.717, 1.165) is 15.7 Å². The Morgan fingerprint density at radius 1 is 1.13 bits per heavy atom. The minimum absolute atomic E-state index is 0.0736. The van der Waals surface area contributed by atoms with Crippen LogP contribution in [0.15, 0.2) is 52.0 Å². The molecule has 0 bridgehead atoms. The maximum absolute atomic E-state index is 12.4. The molecule has 8 heteroatoms. The molecule has 0 aliphatic carbocycles. The molecule has 0 saturated carbocycles. The van der Waals surface area contributed by atoms with Crippen molar-refractivity contribution in [2.45, 2.75) is 40.7 Å². The molecule has 2 amide bonds. The van der Waals surface area contributed by atoms with Crippen LogP contribution in [0.25, 0.3) is 5.70 Å². The molecule has 0 spiro atoms. The molecule has 0 fully saturated rings. The van der Waals surface area contributed by atoms with Crippen LogP contribution >= 0.6 is 27.5 Å². The number of hydrazone groups is 1. The second kappa shape index (κ2) is 13.0. The summed E-state index contributed by atoms with van der Waals surface area (Å²) < 4.78 is 6.39. The van der Waals surface area contributed by atoms with Crippen LogP contribution in [0.2, 0.25) is 5.02 Å². The van der Waals surface area contributed by atoms with Gasteiger partial charge in [0.2, 0.25) is 0 Å². The number of hydrogen-bond donors (Lipinski definition) is 2. The molecule has 0 saturated heterocycles. The third-order valence-electron chi connectivity index (χ3n) is 4.01. The van der Waals surface area contributed by atoms with Crippen molar-refractivity contribution in [1.29, 1.82) is 0 Å². The molecular weight excluding hydrogens is 480 g/mol. The van der Waals surface area contributed by atoms with Gasteiger partial charge in [-0.05, 0) is 63.2 Å². The number of ether oxygens (including phenoxy) is 1. The highest BCUT2D eigenvalue weighted by molar-refractivity contribution is 9.11. The molecule has 0 heterocycles. The minimum atomic E-state index is -0.368. The van der Waals surface area contributed by atoms with E-state index in [1.54, 1.807) is 48.5 Å². The highest BCUT2D eigenvalue weighted by Crippen LogP contribution is 2.36. The maximum Gasteiger partial charge on any atom is 0.323 e. The number of urea groups is 1. The van der Waals surface area contributed by atoms with Gasteiger partial charge in [-0.3, -0.25) is 5.01 Å². The first kappa shape index (κ1) is 26.5. The Labute approximate surface area is 198 Å². The van der Waals surface area contributed by atoms with Crippen LogP contribution in [0.5, 0.6) is 5.75 Å². The molecule has 2 N–H and O–H groups in total. The lowest BCUT2D eigenvalue weighted by atomic mass is 10.1. The van der Waals surface area contributed by atoms with Gasteiger partial charge in [0.15, 0.2) is 0 Å². The van der Waals surface area contributed by atoms with Gasteiger partial charge in [0, 0.05) is 39.2 Å². The Hall–Kier alpha value is -2.51. The molecule has 6 nitrogen and oxygen atoms in total. The standard InChI is InChI=1S/C21H24BrClN4O2.C2H6/c1-13(2)27(24-4)20(14(3)22)18-12-17(10-11-19(18)29-5)26-21(28)25-16-8-6-15(23)7-9-16;1-2/h6-13H,4H2,1-3,5H3,(H2,25,26,28);1-2H3/b20-14+;. The molecule has 168 valence electrons. The zero-order chi connectivity index (χ0) is 23.6. The summed E-state index contributed by atoms with van der Waals surface area (Å²) in [5.74, 6) is 0.650. The van der Waals surface area contributed by atoms with Crippen LogP contribution in [0.4, 0.5) is 16.2 Å². The summed E-state index contributed by atoms with van der Waals surface area (Å²) in [6.45, 7) is 13.6. The first-order valence-corrected chi connectivity index (χ1v) is 11.1. The Bertz CT molecular complexity index is 910. The van der Waals surface area contributed by atoms with E-state index in [2.05, 4.69) is 38.4 Å². The van der Waals surface area contributed by atoms with E-state index in [4.69, 9.17) is 16.3 Å². The summed E-state index contributed by atoms with van der Waals surface area (Å²) >= 11 is 9.43. The number of anilines is 2. The van der Waals surface area contributed by atoms with Gasteiger partial charge in [-0.15, -0.1) is 0 Å². The molecule has 0 unspecified atom stereocenters. The average Bonchev–Trinajstić information content (AvgIpc) is 2.74. The number of hydrogen-bond acceptors (Lipinski definition) is 4. The van der Waals surface area contributed by atoms with Crippen LogP contribution < -0.4 is 15.4 Å². The molecule has 0 aromatic heterocycles. The minimum Gasteiger partial charge on any atom is -0.496 e. The lowest BCUT2D eigenvalue weighted by Crippen LogP contribution is -2.24. The van der Waals surface area contributed by atoms with Crippen molar-refractivity contribution in [3.63, 3.8) is 0 Å². The third kappa shape index (κ3) is 7.60. The fourth-order valence-electron chi connectivity index (χ4n) is 2.76. The highest BCUT2D eigenvalue weighted by atomic mass is 79.9. The van der Waals surface area contributed by atoms with Crippen molar-refractivity contribution < 1.29 is 9.53 Å². The molecule has 0 atom stereocenters. The van der Waals surface area contributed by atoms with Crippen molar-refractivity contribution in [2.75, 3.05) is 17.7 Å². The monoisotopic (exact) mass is 508 g/mol. The largest absolute Gasteiger partial charge is 0.496 e. The van der Waals surface area contributed by atoms with Crippen LogP contribution in [0.1, 0.15) is 40.2 Å². The van der Waals surface area contributed by atoms with Crippen LogP contribution in [-0.2, 0) is 0 Å². The number of nitrogens with zero attached hydrogens (tertiary/aromatic N) is 2. The normalized spacial score (nSPS) is 11.0. The third-order valence-corrected chi connectivity index (χ3v) is 4.64. The average molecular weight is 510 g/mol. The van der Waals surface area contributed by atoms with E-state index in [1.807, 2.05) is 40.7 Å². The summed E-state index contributed by atoms with van der Waals surface area (Å²) in [5, 5.41) is 12.1. The second-order valence-electron chi connectivity index (χ2n) is 6.46. The first-order chi connectivity index (χ1) is 14.8. The topological polar surface area (TPSA) is 66.0 Å². The van der Waals surface area contributed by atoms with Crippen molar-refractivity contribution in [2.24, 2.45) is 5.10 Å². The van der Waals surface area contributed by atoms with Gasteiger partial charge in [0.1, 0.15) is 5.75 Å². The number of methoxy groups -OCH3 is 1. The summed E-state index contributed by atoms with van der Waals surface area (Å²) in [4.78, 5) is 12.4. The van der Waals surface area contributed by atoms with Gasteiger partial charge < -0.3 is 15.4 Å². The SMILES string of the molecule is C=NN(/C(=C(\C)Br)c1cc(NC(=O)Nc2ccc(Cl)cc2)ccc1OC)C(C)C.CC. The van der Waals surface area contributed by atoms with Gasteiger partial charge in [-0.25, -0.2) is 4.79 Å². The zero-order valence-electron chi connectivity index (χ0n) is 18.8. The van der Waals surface area contributed by atoms with E-state index in [0.29, 0.717) is 22.1 Å². The van der Waals surface area contributed by atoms with Gasteiger partial charge in [-0.1, -0.05) is 41.4 Å². The Morgan fingerprint density at radius 2 is 1.68 bits per heavy atom. The predicted molar refractivity (Wildman–Crippen MR) is 136 cm³/mol. The number of amides is 2. The van der Waals surface area contributed by atoms with E-state index < -0.39 is 0 Å². The molecule has 31 heavy (non-hydrogen) atoms.